The van der Waals surface area contributed by atoms with Gasteiger partial charge in [0.1, 0.15) is 16.8 Å². The monoisotopic (exact) mass is 460 g/mol. The van der Waals surface area contributed by atoms with Gasteiger partial charge in [-0.05, 0) is 42.9 Å². The standard InChI is InChI=1S/C24H29FN2O4S/c25-21-15-20(24(26-16-23(28)29)10-13-31-14-11-24)9-8-19(21)17-27-12-4-7-22(32(27)30)18-5-2-1-3-6-18/h1-3,5-6,8-9,15,22,26H,4,7,10-14,16-17H2,(H,28,29)/t22-,32?/m1/s1. The predicted octanol–water partition coefficient (Wildman–Crippen LogP) is 3.51. The largest absolute Gasteiger partial charge is 0.480 e. The summed E-state index contributed by atoms with van der Waals surface area (Å²) in [5, 5.41) is 12.1. The van der Waals surface area contributed by atoms with E-state index >= 15 is 4.39 Å². The number of hydrogen-bond donors (Lipinski definition) is 2. The number of carboxylic acids is 1. The van der Waals surface area contributed by atoms with Gasteiger partial charge < -0.3 is 9.84 Å². The molecule has 0 radical (unpaired) electrons. The van der Waals surface area contributed by atoms with E-state index in [2.05, 4.69) is 5.32 Å². The molecule has 32 heavy (non-hydrogen) atoms. The Labute approximate surface area is 190 Å². The van der Waals surface area contributed by atoms with Crippen molar-refractivity contribution < 1.29 is 23.2 Å². The molecule has 2 fully saturated rings. The first-order chi connectivity index (χ1) is 15.5. The molecular weight excluding hydrogens is 431 g/mol. The summed E-state index contributed by atoms with van der Waals surface area (Å²) in [7, 11) is -1.23. The molecular formula is C24H29FN2O4S. The number of rotatable bonds is 7. The Bertz CT molecular complexity index is 966. The van der Waals surface area contributed by atoms with Crippen LogP contribution >= 0.6 is 0 Å². The van der Waals surface area contributed by atoms with E-state index in [1.807, 2.05) is 40.7 Å². The average molecular weight is 461 g/mol. The molecule has 1 unspecified atom stereocenters. The quantitative estimate of drug-likeness (QED) is 0.661. The van der Waals surface area contributed by atoms with Gasteiger partial charge in [0, 0.05) is 37.4 Å². The Morgan fingerprint density at radius 2 is 1.97 bits per heavy atom. The molecule has 2 aromatic carbocycles. The molecule has 2 saturated heterocycles. The molecule has 0 saturated carbocycles. The van der Waals surface area contributed by atoms with E-state index in [0.29, 0.717) is 38.2 Å². The van der Waals surface area contributed by atoms with Crippen LogP contribution in [0.3, 0.4) is 0 Å². The van der Waals surface area contributed by atoms with Gasteiger partial charge in [-0.2, -0.15) is 0 Å². The van der Waals surface area contributed by atoms with Crippen LogP contribution < -0.4 is 5.32 Å². The summed E-state index contributed by atoms with van der Waals surface area (Å²) in [5.74, 6) is -1.31. The fourth-order valence-electron chi connectivity index (χ4n) is 4.61. The number of nitrogens with zero attached hydrogens (tertiary/aromatic N) is 1. The molecule has 2 heterocycles. The molecule has 172 valence electrons. The minimum Gasteiger partial charge on any atom is -0.480 e. The summed E-state index contributed by atoms with van der Waals surface area (Å²) >= 11 is 0. The Kier molecular flexibility index (Phi) is 7.35. The SMILES string of the molecule is O=C(O)CNC1(c2ccc(CN3CCC[C@H](c4ccccc4)S3=O)c(F)c2)CCOCC1. The summed E-state index contributed by atoms with van der Waals surface area (Å²) < 4.78 is 35.7. The van der Waals surface area contributed by atoms with Crippen LogP contribution in [0, 0.1) is 5.82 Å². The maximum Gasteiger partial charge on any atom is 0.317 e. The van der Waals surface area contributed by atoms with Crippen molar-refractivity contribution in [1.29, 1.82) is 0 Å². The first-order valence-corrected chi connectivity index (χ1v) is 12.2. The Hall–Kier alpha value is -2.13. The lowest BCUT2D eigenvalue weighted by Crippen LogP contribution is -2.48. The van der Waals surface area contributed by atoms with Gasteiger partial charge in [0.2, 0.25) is 0 Å². The van der Waals surface area contributed by atoms with E-state index in [9.17, 15) is 9.00 Å². The van der Waals surface area contributed by atoms with Crippen LogP contribution in [0.1, 0.15) is 47.6 Å². The van der Waals surface area contributed by atoms with Crippen LogP contribution in [0.15, 0.2) is 48.5 Å². The van der Waals surface area contributed by atoms with Gasteiger partial charge in [0.15, 0.2) is 0 Å². The van der Waals surface area contributed by atoms with E-state index in [-0.39, 0.29) is 24.2 Å². The summed E-state index contributed by atoms with van der Waals surface area (Å²) in [6.07, 6.45) is 2.92. The van der Waals surface area contributed by atoms with E-state index in [1.165, 1.54) is 6.07 Å². The first kappa shape index (κ1) is 23.0. The lowest BCUT2D eigenvalue weighted by molar-refractivity contribution is -0.136. The zero-order valence-corrected chi connectivity index (χ0v) is 18.8. The molecule has 0 aromatic heterocycles. The van der Waals surface area contributed by atoms with Gasteiger partial charge in [-0.3, -0.25) is 10.1 Å². The number of nitrogens with one attached hydrogen (secondary N) is 1. The highest BCUT2D eigenvalue weighted by atomic mass is 32.2. The summed E-state index contributed by atoms with van der Waals surface area (Å²) in [5.41, 5.74) is 1.65. The lowest BCUT2D eigenvalue weighted by Gasteiger charge is -2.38. The molecule has 4 rings (SSSR count). The number of carbonyl (C=O) groups is 1. The zero-order chi connectivity index (χ0) is 22.6. The van der Waals surface area contributed by atoms with Crippen molar-refractivity contribution in [3.05, 3.63) is 71.0 Å². The highest BCUT2D eigenvalue weighted by Crippen LogP contribution is 2.35. The molecule has 2 aliphatic rings. The molecule has 6 nitrogen and oxygen atoms in total. The van der Waals surface area contributed by atoms with E-state index in [1.54, 1.807) is 6.07 Å². The fraction of sp³-hybridized carbons (Fsp3) is 0.458. The number of hydrogen-bond acceptors (Lipinski definition) is 4. The molecule has 0 spiro atoms. The third-order valence-electron chi connectivity index (χ3n) is 6.42. The molecule has 8 heteroatoms. The number of ether oxygens (including phenoxy) is 1. The molecule has 0 aliphatic carbocycles. The Morgan fingerprint density at radius 1 is 1.22 bits per heavy atom. The van der Waals surface area contributed by atoms with Crippen LogP contribution in [0.25, 0.3) is 0 Å². The summed E-state index contributed by atoms with van der Waals surface area (Å²) in [6, 6.07) is 15.0. The van der Waals surface area contributed by atoms with E-state index < -0.39 is 22.5 Å². The lowest BCUT2D eigenvalue weighted by atomic mass is 9.82. The van der Waals surface area contributed by atoms with Gasteiger partial charge in [-0.15, -0.1) is 0 Å². The van der Waals surface area contributed by atoms with Crippen molar-refractivity contribution in [3.63, 3.8) is 0 Å². The molecule has 2 N–H and O–H groups in total. The molecule has 0 amide bonds. The third-order valence-corrected chi connectivity index (χ3v) is 8.24. The topological polar surface area (TPSA) is 78.9 Å². The van der Waals surface area contributed by atoms with Crippen LogP contribution in [-0.2, 0) is 32.6 Å². The second kappa shape index (κ2) is 10.2. The van der Waals surface area contributed by atoms with Crippen LogP contribution in [-0.4, -0.2) is 45.9 Å². The van der Waals surface area contributed by atoms with Gasteiger partial charge in [0.05, 0.1) is 11.8 Å². The smallest absolute Gasteiger partial charge is 0.317 e. The molecule has 2 atom stereocenters. The summed E-state index contributed by atoms with van der Waals surface area (Å²) in [6.45, 7) is 1.73. The molecule has 2 aliphatic heterocycles. The highest BCUT2D eigenvalue weighted by Gasteiger charge is 2.35. The van der Waals surface area contributed by atoms with E-state index in [0.717, 1.165) is 24.0 Å². The second-order valence-corrected chi connectivity index (χ2v) is 10.1. The van der Waals surface area contributed by atoms with Crippen molar-refractivity contribution in [1.82, 2.24) is 9.62 Å². The summed E-state index contributed by atoms with van der Waals surface area (Å²) in [4.78, 5) is 11.1. The maximum atomic E-state index is 15.2. The Morgan fingerprint density at radius 3 is 2.66 bits per heavy atom. The number of halogens is 1. The van der Waals surface area contributed by atoms with Crippen molar-refractivity contribution in [3.8, 4) is 0 Å². The number of aliphatic carboxylic acids is 1. The van der Waals surface area contributed by atoms with Crippen LogP contribution in [0.2, 0.25) is 0 Å². The normalized spacial score (nSPS) is 23.7. The van der Waals surface area contributed by atoms with Crippen molar-refractivity contribution in [2.45, 2.75) is 43.0 Å². The predicted molar refractivity (Wildman–Crippen MR) is 121 cm³/mol. The molecule has 2 aromatic rings. The van der Waals surface area contributed by atoms with Crippen LogP contribution in [0.4, 0.5) is 4.39 Å². The highest BCUT2D eigenvalue weighted by molar-refractivity contribution is 7.82. The van der Waals surface area contributed by atoms with E-state index in [4.69, 9.17) is 9.84 Å². The van der Waals surface area contributed by atoms with Crippen molar-refractivity contribution in [2.75, 3.05) is 26.3 Å². The van der Waals surface area contributed by atoms with Gasteiger partial charge in [0.25, 0.3) is 0 Å². The first-order valence-electron chi connectivity index (χ1n) is 11.0. The minimum atomic E-state index is -1.23. The molecule has 0 bridgehead atoms. The van der Waals surface area contributed by atoms with Crippen LogP contribution in [0.5, 0.6) is 0 Å². The van der Waals surface area contributed by atoms with Gasteiger partial charge in [-0.25, -0.2) is 12.9 Å². The van der Waals surface area contributed by atoms with Crippen molar-refractivity contribution in [2.24, 2.45) is 0 Å². The van der Waals surface area contributed by atoms with Gasteiger partial charge >= 0.3 is 5.97 Å². The second-order valence-electron chi connectivity index (χ2n) is 8.43. The fourth-order valence-corrected chi connectivity index (χ4v) is 6.31. The number of benzene rings is 2. The third kappa shape index (κ3) is 5.09. The zero-order valence-electron chi connectivity index (χ0n) is 18.0. The Balaban J connectivity index is 1.51. The average Bonchev–Trinajstić information content (AvgIpc) is 2.81. The maximum absolute atomic E-state index is 15.2. The van der Waals surface area contributed by atoms with Crippen molar-refractivity contribution >= 4 is 17.0 Å². The number of carboxylic acid groups (broad SMARTS) is 1. The minimum absolute atomic E-state index is 0.0713. The van der Waals surface area contributed by atoms with Gasteiger partial charge in [-0.1, -0.05) is 42.5 Å².